The van der Waals surface area contributed by atoms with Crippen molar-refractivity contribution < 1.29 is 13.6 Å². The molecule has 29 heavy (non-hydrogen) atoms. The molecule has 152 valence electrons. The van der Waals surface area contributed by atoms with Crippen molar-refractivity contribution in [2.24, 2.45) is 0 Å². The van der Waals surface area contributed by atoms with E-state index in [9.17, 15) is 18.4 Å². The van der Waals surface area contributed by atoms with Crippen LogP contribution in [0.15, 0.2) is 47.3 Å². The smallest absolute Gasteiger partial charge is 0.279 e. The van der Waals surface area contributed by atoms with Gasteiger partial charge in [-0.3, -0.25) is 9.59 Å². The zero-order chi connectivity index (χ0) is 21.1. The molecule has 5 nitrogen and oxygen atoms in total. The van der Waals surface area contributed by atoms with Crippen molar-refractivity contribution in [3.8, 4) is 0 Å². The Labute approximate surface area is 167 Å². The lowest BCUT2D eigenvalue weighted by Crippen LogP contribution is -2.36. The van der Waals surface area contributed by atoms with Crippen LogP contribution in [0.25, 0.3) is 10.8 Å². The first-order valence-corrected chi connectivity index (χ1v) is 9.53. The van der Waals surface area contributed by atoms with Crippen LogP contribution in [0.3, 0.4) is 0 Å². The third-order valence-corrected chi connectivity index (χ3v) is 4.93. The van der Waals surface area contributed by atoms with E-state index >= 15 is 0 Å². The van der Waals surface area contributed by atoms with Gasteiger partial charge in [0.05, 0.1) is 22.7 Å². The number of carbonyl (C=O) groups excluding carboxylic acids is 1. The number of carbonyl (C=O) groups is 1. The van der Waals surface area contributed by atoms with E-state index in [-0.39, 0.29) is 28.2 Å². The summed E-state index contributed by atoms with van der Waals surface area (Å²) in [5, 5.41) is 3.05. The van der Waals surface area contributed by atoms with Gasteiger partial charge in [0.2, 0.25) is 0 Å². The van der Waals surface area contributed by atoms with Gasteiger partial charge >= 0.3 is 0 Å². The van der Waals surface area contributed by atoms with Gasteiger partial charge in [0.25, 0.3) is 11.5 Å². The summed E-state index contributed by atoms with van der Waals surface area (Å²) in [6, 6.07) is 9.80. The standard InChI is InChI=1S/C22H23F2N3O2/c1-4-18(14-9-11-15(23)12-10-14)26-21(28)19-13(3)27(25-5-2)22(29)20-16(19)7-6-8-17(20)24/h6-12,18,25H,4-5H2,1-3H3,(H,26,28). The summed E-state index contributed by atoms with van der Waals surface area (Å²) in [7, 11) is 0. The monoisotopic (exact) mass is 399 g/mol. The molecule has 0 saturated heterocycles. The van der Waals surface area contributed by atoms with Crippen LogP contribution in [-0.4, -0.2) is 17.1 Å². The first kappa shape index (κ1) is 20.5. The normalized spacial score (nSPS) is 12.0. The van der Waals surface area contributed by atoms with Crippen LogP contribution < -0.4 is 16.3 Å². The third-order valence-electron chi connectivity index (χ3n) is 4.93. The van der Waals surface area contributed by atoms with Crippen molar-refractivity contribution in [2.45, 2.75) is 33.2 Å². The third kappa shape index (κ3) is 3.85. The lowest BCUT2D eigenvalue weighted by molar-refractivity contribution is 0.0936. The van der Waals surface area contributed by atoms with E-state index in [2.05, 4.69) is 10.7 Å². The number of nitrogens with zero attached hydrogens (tertiary/aromatic N) is 1. The van der Waals surface area contributed by atoms with Gasteiger partial charge in [-0.1, -0.05) is 31.2 Å². The average Bonchev–Trinajstić information content (AvgIpc) is 2.70. The maximum Gasteiger partial charge on any atom is 0.279 e. The molecule has 3 aromatic rings. The molecule has 0 radical (unpaired) electrons. The zero-order valence-electron chi connectivity index (χ0n) is 16.6. The molecule has 0 fully saturated rings. The number of fused-ring (bicyclic) bond motifs is 1. The van der Waals surface area contributed by atoms with E-state index in [4.69, 9.17) is 0 Å². The number of pyridine rings is 1. The van der Waals surface area contributed by atoms with E-state index < -0.39 is 17.3 Å². The van der Waals surface area contributed by atoms with E-state index in [1.165, 1.54) is 28.9 Å². The molecule has 1 unspecified atom stereocenters. The molecule has 2 N–H and O–H groups in total. The average molecular weight is 399 g/mol. The van der Waals surface area contributed by atoms with E-state index in [1.807, 2.05) is 6.92 Å². The minimum absolute atomic E-state index is 0.140. The molecule has 0 bridgehead atoms. The zero-order valence-corrected chi connectivity index (χ0v) is 16.6. The predicted molar refractivity (Wildman–Crippen MR) is 110 cm³/mol. The fourth-order valence-electron chi connectivity index (χ4n) is 3.50. The van der Waals surface area contributed by atoms with Crippen molar-refractivity contribution in [3.63, 3.8) is 0 Å². The molecular formula is C22H23F2N3O2. The van der Waals surface area contributed by atoms with E-state index in [0.717, 1.165) is 5.56 Å². The SMILES string of the molecule is CCNn1c(C)c(C(=O)NC(CC)c2ccc(F)cc2)c2cccc(F)c2c1=O. The highest BCUT2D eigenvalue weighted by molar-refractivity contribution is 6.08. The first-order valence-electron chi connectivity index (χ1n) is 9.53. The van der Waals surface area contributed by atoms with Crippen molar-refractivity contribution in [1.82, 2.24) is 9.99 Å². The molecule has 2 aromatic carbocycles. The molecule has 0 saturated carbocycles. The molecule has 7 heteroatoms. The number of benzene rings is 2. The van der Waals surface area contributed by atoms with Gasteiger partial charge in [-0.05, 0) is 44.0 Å². The summed E-state index contributed by atoms with van der Waals surface area (Å²) >= 11 is 0. The van der Waals surface area contributed by atoms with Gasteiger partial charge in [0.15, 0.2) is 0 Å². The lowest BCUT2D eigenvalue weighted by atomic mass is 10.0. The van der Waals surface area contributed by atoms with Crippen LogP contribution in [0.2, 0.25) is 0 Å². The molecule has 1 atom stereocenters. The predicted octanol–water partition coefficient (Wildman–Crippen LogP) is 4.03. The van der Waals surface area contributed by atoms with Crippen LogP contribution in [0.5, 0.6) is 0 Å². The van der Waals surface area contributed by atoms with Crippen molar-refractivity contribution in [1.29, 1.82) is 0 Å². The quantitative estimate of drug-likeness (QED) is 0.658. The highest BCUT2D eigenvalue weighted by Crippen LogP contribution is 2.24. The van der Waals surface area contributed by atoms with E-state index in [0.29, 0.717) is 18.7 Å². The number of hydrogen-bond donors (Lipinski definition) is 2. The number of hydrogen-bond acceptors (Lipinski definition) is 3. The summed E-state index contributed by atoms with van der Waals surface area (Å²) in [5.74, 6) is -1.47. The number of rotatable bonds is 6. The molecule has 0 aliphatic rings. The maximum atomic E-state index is 14.5. The molecule has 1 aromatic heterocycles. The van der Waals surface area contributed by atoms with Crippen LogP contribution in [0.4, 0.5) is 8.78 Å². The Bertz CT molecular complexity index is 1110. The Balaban J connectivity index is 2.12. The minimum atomic E-state index is -0.682. The molecule has 1 heterocycles. The topological polar surface area (TPSA) is 63.1 Å². The van der Waals surface area contributed by atoms with E-state index in [1.54, 1.807) is 32.0 Å². The van der Waals surface area contributed by atoms with Gasteiger partial charge in [-0.15, -0.1) is 0 Å². The Morgan fingerprint density at radius 3 is 2.41 bits per heavy atom. The Hall–Kier alpha value is -3.22. The summed E-state index contributed by atoms with van der Waals surface area (Å²) < 4.78 is 28.9. The highest BCUT2D eigenvalue weighted by atomic mass is 19.1. The minimum Gasteiger partial charge on any atom is -0.345 e. The van der Waals surface area contributed by atoms with Crippen molar-refractivity contribution >= 4 is 16.7 Å². The van der Waals surface area contributed by atoms with Gasteiger partial charge in [0, 0.05) is 11.9 Å². The number of amides is 1. The van der Waals surface area contributed by atoms with Gasteiger partial charge in [0.1, 0.15) is 11.6 Å². The summed E-state index contributed by atoms with van der Waals surface area (Å²) in [5.41, 5.74) is 3.71. The second-order valence-electron chi connectivity index (χ2n) is 6.76. The molecule has 3 rings (SSSR count). The molecule has 0 aliphatic carbocycles. The second kappa shape index (κ2) is 8.43. The lowest BCUT2D eigenvalue weighted by Gasteiger charge is -2.21. The summed E-state index contributed by atoms with van der Waals surface area (Å²) in [4.78, 5) is 26.0. The van der Waals surface area contributed by atoms with Crippen LogP contribution >= 0.6 is 0 Å². The Kier molecular flexibility index (Phi) is 5.96. The number of aromatic nitrogens is 1. The number of halogens is 2. The van der Waals surface area contributed by atoms with Crippen LogP contribution in [-0.2, 0) is 0 Å². The summed E-state index contributed by atoms with van der Waals surface area (Å²) in [6.45, 7) is 5.77. The highest BCUT2D eigenvalue weighted by Gasteiger charge is 2.23. The molecular weight excluding hydrogens is 376 g/mol. The fraction of sp³-hybridized carbons (Fsp3) is 0.273. The molecule has 0 aliphatic heterocycles. The van der Waals surface area contributed by atoms with Gasteiger partial charge in [-0.25, -0.2) is 13.5 Å². The van der Waals surface area contributed by atoms with Crippen LogP contribution in [0, 0.1) is 18.6 Å². The second-order valence-corrected chi connectivity index (χ2v) is 6.76. The van der Waals surface area contributed by atoms with Crippen molar-refractivity contribution in [3.05, 3.63) is 81.3 Å². The maximum absolute atomic E-state index is 14.5. The Morgan fingerprint density at radius 2 is 1.79 bits per heavy atom. The van der Waals surface area contributed by atoms with Crippen molar-refractivity contribution in [2.75, 3.05) is 12.0 Å². The summed E-state index contributed by atoms with van der Waals surface area (Å²) in [6.07, 6.45) is 0.579. The molecule has 1 amide bonds. The largest absolute Gasteiger partial charge is 0.345 e. The van der Waals surface area contributed by atoms with Gasteiger partial charge in [-0.2, -0.15) is 0 Å². The number of nitrogens with one attached hydrogen (secondary N) is 2. The Morgan fingerprint density at radius 1 is 1.10 bits per heavy atom. The van der Waals surface area contributed by atoms with Crippen LogP contribution in [0.1, 0.15) is 47.9 Å². The van der Waals surface area contributed by atoms with Gasteiger partial charge < -0.3 is 10.7 Å². The first-order chi connectivity index (χ1) is 13.9. The molecule has 0 spiro atoms. The fourth-order valence-corrected chi connectivity index (χ4v) is 3.50.